The van der Waals surface area contributed by atoms with Crippen molar-refractivity contribution in [2.45, 2.75) is 18.6 Å². The van der Waals surface area contributed by atoms with E-state index in [0.717, 1.165) is 0 Å². The minimum absolute atomic E-state index is 0.00684. The third kappa shape index (κ3) is 3.29. The molecule has 2 unspecified atom stereocenters. The van der Waals surface area contributed by atoms with Gasteiger partial charge in [0, 0.05) is 17.6 Å². The monoisotopic (exact) mass is 260 g/mol. The zero-order chi connectivity index (χ0) is 13.0. The molecule has 0 saturated carbocycles. The molecule has 6 nitrogen and oxygen atoms in total. The Morgan fingerprint density at radius 2 is 2.12 bits per heavy atom. The van der Waals surface area contributed by atoms with E-state index in [2.05, 4.69) is 0 Å². The van der Waals surface area contributed by atoms with E-state index in [0.29, 0.717) is 0 Å². The number of alkyl halides is 1. The minimum Gasteiger partial charge on any atom is -0.399 e. The number of hydrogen-bond donors (Lipinski definition) is 3. The van der Waals surface area contributed by atoms with Gasteiger partial charge in [0.1, 0.15) is 6.10 Å². The summed E-state index contributed by atoms with van der Waals surface area (Å²) in [6.07, 6.45) is -2.40. The molecule has 0 radical (unpaired) electrons. The summed E-state index contributed by atoms with van der Waals surface area (Å²) >= 11 is 5.43. The molecule has 0 aliphatic rings. The van der Waals surface area contributed by atoms with E-state index in [1.165, 1.54) is 18.2 Å². The number of nitro groups is 1. The van der Waals surface area contributed by atoms with Crippen LogP contribution in [0.5, 0.6) is 0 Å². The quantitative estimate of drug-likeness (QED) is 0.319. The van der Waals surface area contributed by atoms with Crippen molar-refractivity contribution in [2.75, 3.05) is 11.6 Å². The molecule has 94 valence electrons. The molecule has 0 bridgehead atoms. The Balaban J connectivity index is 3.10. The summed E-state index contributed by atoms with van der Waals surface area (Å²) in [5, 5.41) is 30.1. The Bertz CT molecular complexity index is 413. The lowest BCUT2D eigenvalue weighted by molar-refractivity contribution is -0.386. The lowest BCUT2D eigenvalue weighted by atomic mass is 10.0. The lowest BCUT2D eigenvalue weighted by Crippen LogP contribution is -2.19. The number of aliphatic hydroxyl groups excluding tert-OH is 2. The van der Waals surface area contributed by atoms with E-state index in [9.17, 15) is 20.3 Å². The first-order chi connectivity index (χ1) is 7.97. The van der Waals surface area contributed by atoms with Crippen molar-refractivity contribution in [2.24, 2.45) is 0 Å². The van der Waals surface area contributed by atoms with Crippen molar-refractivity contribution in [1.82, 2.24) is 0 Å². The molecule has 2 atom stereocenters. The molecule has 0 fully saturated rings. The van der Waals surface area contributed by atoms with Gasteiger partial charge in [0.25, 0.3) is 5.69 Å². The van der Waals surface area contributed by atoms with E-state index in [1.807, 2.05) is 0 Å². The highest BCUT2D eigenvalue weighted by atomic mass is 35.5. The van der Waals surface area contributed by atoms with Crippen LogP contribution in [-0.2, 0) is 0 Å². The van der Waals surface area contributed by atoms with Crippen LogP contribution < -0.4 is 5.73 Å². The summed E-state index contributed by atoms with van der Waals surface area (Å²) < 4.78 is 0. The van der Waals surface area contributed by atoms with Gasteiger partial charge >= 0.3 is 0 Å². The fourth-order valence-electron chi connectivity index (χ4n) is 1.45. The summed E-state index contributed by atoms with van der Waals surface area (Å²) in [6, 6.07) is 3.84. The number of nitrogens with zero attached hydrogens (tertiary/aromatic N) is 1. The Kier molecular flexibility index (Phi) is 4.68. The number of nitrogen functional groups attached to an aromatic ring is 1. The largest absolute Gasteiger partial charge is 0.399 e. The molecular formula is C10H13ClN2O4. The van der Waals surface area contributed by atoms with Crippen LogP contribution in [0.1, 0.15) is 18.1 Å². The molecule has 1 aromatic carbocycles. The molecule has 0 aliphatic carbocycles. The highest BCUT2D eigenvalue weighted by molar-refractivity contribution is 6.17. The molecule has 1 aromatic rings. The Labute approximate surface area is 103 Å². The third-order valence-electron chi connectivity index (χ3n) is 2.34. The number of aliphatic hydroxyl groups is 2. The molecule has 0 saturated heterocycles. The van der Waals surface area contributed by atoms with Crippen molar-refractivity contribution >= 4 is 23.0 Å². The summed E-state index contributed by atoms with van der Waals surface area (Å²) in [5.74, 6) is 0.147. The Morgan fingerprint density at radius 1 is 1.47 bits per heavy atom. The van der Waals surface area contributed by atoms with Gasteiger partial charge in [-0.25, -0.2) is 0 Å². The first kappa shape index (κ1) is 13.7. The average Bonchev–Trinajstić information content (AvgIpc) is 2.27. The predicted octanol–water partition coefficient (Wildman–Crippen LogP) is 1.20. The molecule has 7 heteroatoms. The smallest absolute Gasteiger partial charge is 0.275 e. The van der Waals surface area contributed by atoms with Gasteiger partial charge < -0.3 is 15.9 Å². The fourth-order valence-corrected chi connectivity index (χ4v) is 1.68. The van der Waals surface area contributed by atoms with E-state index in [4.69, 9.17) is 17.3 Å². The summed E-state index contributed by atoms with van der Waals surface area (Å²) in [4.78, 5) is 10.1. The van der Waals surface area contributed by atoms with Crippen molar-refractivity contribution in [1.29, 1.82) is 0 Å². The van der Waals surface area contributed by atoms with E-state index < -0.39 is 17.1 Å². The highest BCUT2D eigenvalue weighted by Crippen LogP contribution is 2.30. The molecule has 0 heterocycles. The second kappa shape index (κ2) is 5.81. The predicted molar refractivity (Wildman–Crippen MR) is 63.8 cm³/mol. The maximum Gasteiger partial charge on any atom is 0.275 e. The summed E-state index contributed by atoms with van der Waals surface area (Å²) in [7, 11) is 0. The van der Waals surface area contributed by atoms with Crippen LogP contribution in [0.3, 0.4) is 0 Å². The number of hydrogen-bond acceptors (Lipinski definition) is 5. The molecule has 17 heavy (non-hydrogen) atoms. The number of rotatable bonds is 5. The molecular weight excluding hydrogens is 248 g/mol. The molecule has 4 N–H and O–H groups in total. The van der Waals surface area contributed by atoms with Crippen molar-refractivity contribution in [3.05, 3.63) is 33.9 Å². The van der Waals surface area contributed by atoms with Crippen LogP contribution in [0, 0.1) is 10.1 Å². The number of nitro benzene ring substituents is 1. The number of nitrogens with two attached hydrogens (primary N) is 1. The standard InChI is InChI=1S/C10H13ClN2O4/c11-4-3-9(14)10(15)7-5-6(12)1-2-8(7)13(16)17/h1-2,5,9-10,14-15H,3-4,12H2. The van der Waals surface area contributed by atoms with Crippen LogP contribution in [0.2, 0.25) is 0 Å². The third-order valence-corrected chi connectivity index (χ3v) is 2.55. The second-order valence-electron chi connectivity index (χ2n) is 3.57. The van der Waals surface area contributed by atoms with Crippen LogP contribution in [0.15, 0.2) is 18.2 Å². The van der Waals surface area contributed by atoms with E-state index in [1.54, 1.807) is 0 Å². The maximum atomic E-state index is 10.8. The molecule has 0 spiro atoms. The van der Waals surface area contributed by atoms with Gasteiger partial charge in [0.2, 0.25) is 0 Å². The van der Waals surface area contributed by atoms with Crippen LogP contribution >= 0.6 is 11.6 Å². The van der Waals surface area contributed by atoms with Gasteiger partial charge in [-0.3, -0.25) is 10.1 Å². The van der Waals surface area contributed by atoms with Gasteiger partial charge in [-0.15, -0.1) is 11.6 Å². The average molecular weight is 261 g/mol. The fraction of sp³-hybridized carbons (Fsp3) is 0.400. The number of halogens is 1. The zero-order valence-electron chi connectivity index (χ0n) is 8.91. The van der Waals surface area contributed by atoms with Crippen LogP contribution in [-0.4, -0.2) is 27.1 Å². The molecule has 1 rings (SSSR count). The van der Waals surface area contributed by atoms with E-state index in [-0.39, 0.29) is 29.2 Å². The lowest BCUT2D eigenvalue weighted by Gasteiger charge is -2.17. The number of benzene rings is 1. The highest BCUT2D eigenvalue weighted by Gasteiger charge is 2.26. The van der Waals surface area contributed by atoms with Crippen molar-refractivity contribution in [3.8, 4) is 0 Å². The van der Waals surface area contributed by atoms with Gasteiger partial charge in [0.05, 0.1) is 16.6 Å². The summed E-state index contributed by atoms with van der Waals surface area (Å²) in [6.45, 7) is 0. The zero-order valence-corrected chi connectivity index (χ0v) is 9.67. The van der Waals surface area contributed by atoms with Crippen molar-refractivity contribution < 1.29 is 15.1 Å². The van der Waals surface area contributed by atoms with Crippen molar-refractivity contribution in [3.63, 3.8) is 0 Å². The van der Waals surface area contributed by atoms with E-state index >= 15 is 0 Å². The first-order valence-electron chi connectivity index (χ1n) is 4.93. The molecule has 0 aromatic heterocycles. The van der Waals surface area contributed by atoms with Crippen LogP contribution in [0.25, 0.3) is 0 Å². The second-order valence-corrected chi connectivity index (χ2v) is 3.94. The van der Waals surface area contributed by atoms with Gasteiger partial charge in [-0.05, 0) is 18.6 Å². The van der Waals surface area contributed by atoms with Gasteiger partial charge in [-0.1, -0.05) is 0 Å². The summed E-state index contributed by atoms with van der Waals surface area (Å²) in [5.41, 5.74) is 5.49. The Morgan fingerprint density at radius 3 is 2.65 bits per heavy atom. The minimum atomic E-state index is -1.38. The Hall–Kier alpha value is -1.37. The number of anilines is 1. The van der Waals surface area contributed by atoms with Crippen LogP contribution in [0.4, 0.5) is 11.4 Å². The maximum absolute atomic E-state index is 10.8. The van der Waals surface area contributed by atoms with Gasteiger partial charge in [0.15, 0.2) is 0 Å². The molecule has 0 amide bonds. The topological polar surface area (TPSA) is 110 Å². The first-order valence-corrected chi connectivity index (χ1v) is 5.46. The van der Waals surface area contributed by atoms with Gasteiger partial charge in [-0.2, -0.15) is 0 Å². The normalized spacial score (nSPS) is 14.3. The SMILES string of the molecule is Nc1ccc([N+](=O)[O-])c(C(O)C(O)CCCl)c1. The molecule has 0 aliphatic heterocycles.